The van der Waals surface area contributed by atoms with Crippen LogP contribution in [0.25, 0.3) is 0 Å². The van der Waals surface area contributed by atoms with E-state index >= 15 is 0 Å². The lowest BCUT2D eigenvalue weighted by atomic mass is 9.81. The lowest BCUT2D eigenvalue weighted by Crippen LogP contribution is -2.40. The second kappa shape index (κ2) is 7.13. The number of hydrogen-bond donors (Lipinski definition) is 2. The predicted octanol–water partition coefficient (Wildman–Crippen LogP) is 2.87. The van der Waals surface area contributed by atoms with E-state index in [1.807, 2.05) is 0 Å². The van der Waals surface area contributed by atoms with Crippen molar-refractivity contribution in [2.75, 3.05) is 6.54 Å². The van der Waals surface area contributed by atoms with Crippen LogP contribution in [0, 0.1) is 11.3 Å². The minimum Gasteiger partial charge on any atom is -0.393 e. The van der Waals surface area contributed by atoms with Crippen LogP contribution in [-0.2, 0) is 4.79 Å². The summed E-state index contributed by atoms with van der Waals surface area (Å²) in [6.45, 7) is 6.65. The number of nitrogens with one attached hydrogen (secondary N) is 1. The van der Waals surface area contributed by atoms with Gasteiger partial charge >= 0.3 is 0 Å². The Hall–Kier alpha value is -0.570. The van der Waals surface area contributed by atoms with Gasteiger partial charge in [0.2, 0.25) is 5.91 Å². The third-order valence-corrected chi connectivity index (χ3v) is 4.11. The van der Waals surface area contributed by atoms with Gasteiger partial charge in [0.1, 0.15) is 0 Å². The highest BCUT2D eigenvalue weighted by atomic mass is 16.3. The molecule has 106 valence electrons. The maximum atomic E-state index is 12.3. The van der Waals surface area contributed by atoms with Gasteiger partial charge in [-0.3, -0.25) is 4.79 Å². The monoisotopic (exact) mass is 255 g/mol. The molecule has 3 heteroatoms. The summed E-state index contributed by atoms with van der Waals surface area (Å²) in [4.78, 5) is 12.3. The molecule has 0 saturated heterocycles. The van der Waals surface area contributed by atoms with E-state index in [0.29, 0.717) is 12.5 Å². The molecule has 2 atom stereocenters. The van der Waals surface area contributed by atoms with Gasteiger partial charge in [0.15, 0.2) is 0 Å². The van der Waals surface area contributed by atoms with Crippen molar-refractivity contribution in [3.05, 3.63) is 0 Å². The molecule has 1 aliphatic carbocycles. The van der Waals surface area contributed by atoms with Gasteiger partial charge < -0.3 is 10.4 Å². The van der Waals surface area contributed by atoms with Gasteiger partial charge in [-0.15, -0.1) is 0 Å². The number of rotatable bonds is 5. The molecule has 3 nitrogen and oxygen atoms in total. The number of aliphatic hydroxyl groups excluding tert-OH is 1. The van der Waals surface area contributed by atoms with Crippen LogP contribution in [-0.4, -0.2) is 23.7 Å². The molecule has 0 radical (unpaired) electrons. The summed E-state index contributed by atoms with van der Waals surface area (Å²) in [5.74, 6) is 0.546. The van der Waals surface area contributed by atoms with Gasteiger partial charge in [-0.05, 0) is 32.1 Å². The third kappa shape index (κ3) is 4.97. The highest BCUT2D eigenvalue weighted by molar-refractivity contribution is 5.82. The van der Waals surface area contributed by atoms with Gasteiger partial charge in [0, 0.05) is 12.0 Å². The third-order valence-electron chi connectivity index (χ3n) is 4.11. The maximum absolute atomic E-state index is 12.3. The van der Waals surface area contributed by atoms with Crippen molar-refractivity contribution in [3.63, 3.8) is 0 Å². The molecule has 0 heterocycles. The van der Waals surface area contributed by atoms with Crippen molar-refractivity contribution >= 4 is 5.91 Å². The van der Waals surface area contributed by atoms with Gasteiger partial charge in [-0.25, -0.2) is 0 Å². The fourth-order valence-electron chi connectivity index (χ4n) is 2.88. The van der Waals surface area contributed by atoms with Crippen LogP contribution in [0.15, 0.2) is 0 Å². The van der Waals surface area contributed by atoms with Crippen LogP contribution in [0.1, 0.15) is 65.7 Å². The molecule has 18 heavy (non-hydrogen) atoms. The summed E-state index contributed by atoms with van der Waals surface area (Å²) in [5.41, 5.74) is -0.166. The van der Waals surface area contributed by atoms with Crippen LogP contribution in [0.3, 0.4) is 0 Å². The molecule has 0 aromatic rings. The van der Waals surface area contributed by atoms with E-state index in [9.17, 15) is 9.90 Å². The van der Waals surface area contributed by atoms with E-state index in [0.717, 1.165) is 19.3 Å². The van der Waals surface area contributed by atoms with Gasteiger partial charge in [0.05, 0.1) is 6.10 Å². The fraction of sp³-hybridized carbons (Fsp3) is 0.933. The molecule has 1 amide bonds. The van der Waals surface area contributed by atoms with Crippen LogP contribution in [0.4, 0.5) is 0 Å². The Labute approximate surface area is 111 Å². The summed E-state index contributed by atoms with van der Waals surface area (Å²) in [6.07, 6.45) is 7.37. The van der Waals surface area contributed by atoms with Gasteiger partial charge in [-0.1, -0.05) is 39.5 Å². The largest absolute Gasteiger partial charge is 0.393 e. The van der Waals surface area contributed by atoms with E-state index in [1.54, 1.807) is 6.92 Å². The smallest absolute Gasteiger partial charge is 0.225 e. The molecule has 1 saturated carbocycles. The molecule has 0 bridgehead atoms. The Kier molecular flexibility index (Phi) is 6.13. The zero-order chi connectivity index (χ0) is 13.6. The van der Waals surface area contributed by atoms with Crippen LogP contribution >= 0.6 is 0 Å². The quantitative estimate of drug-likeness (QED) is 0.742. The molecule has 0 aliphatic heterocycles. The molecular weight excluding hydrogens is 226 g/mol. The molecule has 2 N–H and O–H groups in total. The van der Waals surface area contributed by atoms with Gasteiger partial charge in [-0.2, -0.15) is 0 Å². The van der Waals surface area contributed by atoms with E-state index < -0.39 is 0 Å². The van der Waals surface area contributed by atoms with Crippen LogP contribution < -0.4 is 5.32 Å². The molecule has 0 aromatic carbocycles. The normalized spacial score (nSPS) is 22.9. The molecule has 2 unspecified atom stereocenters. The topological polar surface area (TPSA) is 49.3 Å². The van der Waals surface area contributed by atoms with Crippen molar-refractivity contribution in [2.45, 2.75) is 71.8 Å². The summed E-state index contributed by atoms with van der Waals surface area (Å²) >= 11 is 0. The van der Waals surface area contributed by atoms with Crippen molar-refractivity contribution in [3.8, 4) is 0 Å². The molecular formula is C15H29NO2. The van der Waals surface area contributed by atoms with Crippen molar-refractivity contribution < 1.29 is 9.90 Å². The molecule has 1 fully saturated rings. The van der Waals surface area contributed by atoms with Crippen molar-refractivity contribution in [1.29, 1.82) is 0 Å². The number of aliphatic hydroxyl groups is 1. The second-order valence-electron chi connectivity index (χ2n) is 6.37. The van der Waals surface area contributed by atoms with E-state index in [1.165, 1.54) is 25.7 Å². The standard InChI is InChI=1S/C15H29NO2/c1-12(10-13(2)17)11-16-14(18)15(3)8-6-4-5-7-9-15/h12-13,17H,4-11H2,1-3H3,(H,16,18). The first kappa shape index (κ1) is 15.5. The molecule has 0 aromatic heterocycles. The zero-order valence-corrected chi connectivity index (χ0v) is 12.2. The average molecular weight is 255 g/mol. The number of carbonyl (C=O) groups is 1. The summed E-state index contributed by atoms with van der Waals surface area (Å²) in [5, 5.41) is 12.4. The number of carbonyl (C=O) groups excluding carboxylic acids is 1. The number of hydrogen-bond acceptors (Lipinski definition) is 2. The highest BCUT2D eigenvalue weighted by Gasteiger charge is 2.33. The Morgan fingerprint density at radius 3 is 2.28 bits per heavy atom. The lowest BCUT2D eigenvalue weighted by molar-refractivity contribution is -0.131. The average Bonchev–Trinajstić information content (AvgIpc) is 2.51. The second-order valence-corrected chi connectivity index (χ2v) is 6.37. The summed E-state index contributed by atoms with van der Waals surface area (Å²) in [6, 6.07) is 0. The minimum absolute atomic E-state index is 0.166. The number of amides is 1. The lowest BCUT2D eigenvalue weighted by Gasteiger charge is -2.27. The van der Waals surface area contributed by atoms with Crippen LogP contribution in [0.5, 0.6) is 0 Å². The SMILES string of the molecule is CC(O)CC(C)CNC(=O)C1(C)CCCCCC1. The van der Waals surface area contributed by atoms with E-state index in [4.69, 9.17) is 0 Å². The summed E-state index contributed by atoms with van der Waals surface area (Å²) in [7, 11) is 0. The zero-order valence-electron chi connectivity index (χ0n) is 12.2. The maximum Gasteiger partial charge on any atom is 0.225 e. The van der Waals surface area contributed by atoms with E-state index in [2.05, 4.69) is 19.2 Å². The predicted molar refractivity (Wildman–Crippen MR) is 74.3 cm³/mol. The molecule has 0 spiro atoms. The minimum atomic E-state index is -0.287. The Bertz CT molecular complexity index is 255. The first-order chi connectivity index (χ1) is 8.44. The highest BCUT2D eigenvalue weighted by Crippen LogP contribution is 2.34. The Morgan fingerprint density at radius 2 is 1.78 bits per heavy atom. The van der Waals surface area contributed by atoms with Crippen LogP contribution in [0.2, 0.25) is 0 Å². The fourth-order valence-corrected chi connectivity index (χ4v) is 2.88. The molecule has 1 aliphatic rings. The van der Waals surface area contributed by atoms with Crippen molar-refractivity contribution in [1.82, 2.24) is 5.32 Å². The van der Waals surface area contributed by atoms with Crippen molar-refractivity contribution in [2.24, 2.45) is 11.3 Å². The first-order valence-corrected chi connectivity index (χ1v) is 7.40. The summed E-state index contributed by atoms with van der Waals surface area (Å²) < 4.78 is 0. The molecule has 1 rings (SSSR count). The Morgan fingerprint density at radius 1 is 1.22 bits per heavy atom. The first-order valence-electron chi connectivity index (χ1n) is 7.40. The Balaban J connectivity index is 2.38. The van der Waals surface area contributed by atoms with E-state index in [-0.39, 0.29) is 17.4 Å². The van der Waals surface area contributed by atoms with Gasteiger partial charge in [0.25, 0.3) is 0 Å².